The average molecular weight is 611 g/mol. The van der Waals surface area contributed by atoms with Gasteiger partial charge in [-0.2, -0.15) is 13.2 Å². The van der Waals surface area contributed by atoms with Crippen LogP contribution in [0.15, 0.2) is 79.0 Å². The molecule has 0 aliphatic heterocycles. The van der Waals surface area contributed by atoms with E-state index in [1.807, 2.05) is 0 Å². The topological polar surface area (TPSA) is 116 Å². The molecule has 0 radical (unpaired) electrons. The van der Waals surface area contributed by atoms with Gasteiger partial charge in [0.2, 0.25) is 0 Å². The van der Waals surface area contributed by atoms with E-state index in [-0.39, 0.29) is 42.1 Å². The Morgan fingerprint density at radius 3 is 2.39 bits per heavy atom. The van der Waals surface area contributed by atoms with E-state index in [2.05, 4.69) is 10.3 Å². The zero-order valence-electron chi connectivity index (χ0n) is 24.6. The number of carbonyl (C=O) groups excluding carboxylic acids is 2. The highest BCUT2D eigenvalue weighted by atomic mass is 19.4. The second-order valence-electron chi connectivity index (χ2n) is 10.2. The standard InChI is InChI=1S/C32H33F3N4O5/c1-5-42-27-18-23(11-14-26(27)43-20(2)3)31(44-30(41)32(33,34)35,29(40)39(4)19-21-9-7-6-8-10-21)38-24-12-13-25-22(17-24)15-16-37-28(25)36/h6-18,20,38H,5,19H2,1-4H3,(H2,36,37)/t31-/m1/s1. The summed E-state index contributed by atoms with van der Waals surface area (Å²) in [5, 5.41) is 3.99. The van der Waals surface area contributed by atoms with Gasteiger partial charge in [0, 0.05) is 36.4 Å². The van der Waals surface area contributed by atoms with Crippen molar-refractivity contribution in [2.45, 2.75) is 45.3 Å². The van der Waals surface area contributed by atoms with Gasteiger partial charge >= 0.3 is 12.1 Å². The molecule has 0 aliphatic rings. The number of aromatic nitrogens is 1. The van der Waals surface area contributed by atoms with Crippen LogP contribution < -0.4 is 20.5 Å². The fourth-order valence-electron chi connectivity index (χ4n) is 4.60. The molecule has 3 N–H and O–H groups in total. The van der Waals surface area contributed by atoms with E-state index >= 15 is 0 Å². The highest BCUT2D eigenvalue weighted by Gasteiger charge is 2.53. The molecule has 4 rings (SSSR count). The molecule has 0 fully saturated rings. The minimum Gasteiger partial charge on any atom is -0.490 e. The van der Waals surface area contributed by atoms with Gasteiger partial charge in [-0.05, 0) is 74.2 Å². The van der Waals surface area contributed by atoms with Gasteiger partial charge in [0.15, 0.2) is 11.5 Å². The zero-order valence-corrected chi connectivity index (χ0v) is 24.6. The van der Waals surface area contributed by atoms with Crippen molar-refractivity contribution in [1.82, 2.24) is 9.88 Å². The summed E-state index contributed by atoms with van der Waals surface area (Å²) in [5.74, 6) is -2.87. The first-order valence-electron chi connectivity index (χ1n) is 13.8. The number of likely N-dealkylation sites (N-methyl/N-ethyl adjacent to an activating group) is 1. The smallest absolute Gasteiger partial charge is 0.490 e. The highest BCUT2D eigenvalue weighted by molar-refractivity contribution is 5.95. The number of ether oxygens (including phenoxy) is 3. The van der Waals surface area contributed by atoms with E-state index < -0.39 is 23.8 Å². The van der Waals surface area contributed by atoms with Gasteiger partial charge in [0.1, 0.15) is 5.82 Å². The third-order valence-electron chi connectivity index (χ3n) is 6.52. The molecular formula is C32H33F3N4O5. The molecule has 4 aromatic rings. The molecular weight excluding hydrogens is 577 g/mol. The Hall–Kier alpha value is -5.00. The monoisotopic (exact) mass is 610 g/mol. The number of nitrogens with one attached hydrogen (secondary N) is 1. The number of benzene rings is 3. The highest BCUT2D eigenvalue weighted by Crippen LogP contribution is 2.39. The maximum atomic E-state index is 14.4. The number of anilines is 2. The molecule has 1 aromatic heterocycles. The predicted molar refractivity (Wildman–Crippen MR) is 160 cm³/mol. The number of nitrogens with zero attached hydrogens (tertiary/aromatic N) is 2. The van der Waals surface area contributed by atoms with Crippen molar-refractivity contribution in [1.29, 1.82) is 0 Å². The molecule has 0 aliphatic carbocycles. The predicted octanol–water partition coefficient (Wildman–Crippen LogP) is 6.03. The van der Waals surface area contributed by atoms with E-state index in [0.717, 1.165) is 0 Å². The Labute approximate surface area is 252 Å². The quantitative estimate of drug-likeness (QED) is 0.156. The van der Waals surface area contributed by atoms with E-state index in [4.69, 9.17) is 19.9 Å². The number of nitrogens with two attached hydrogens (primary N) is 1. The van der Waals surface area contributed by atoms with Crippen LogP contribution >= 0.6 is 0 Å². The maximum Gasteiger partial charge on any atom is 0.491 e. The summed E-state index contributed by atoms with van der Waals surface area (Å²) in [4.78, 5) is 32.2. The molecule has 9 nitrogen and oxygen atoms in total. The lowest BCUT2D eigenvalue weighted by molar-refractivity contribution is -0.215. The number of fused-ring (bicyclic) bond motifs is 1. The van der Waals surface area contributed by atoms with Gasteiger partial charge in [-0.15, -0.1) is 0 Å². The molecule has 0 spiro atoms. The summed E-state index contributed by atoms with van der Waals surface area (Å²) in [6.07, 6.45) is -4.21. The number of nitrogen functional groups attached to an aromatic ring is 1. The molecule has 12 heteroatoms. The molecule has 232 valence electrons. The number of rotatable bonds is 11. The van der Waals surface area contributed by atoms with Crippen LogP contribution in [-0.2, 0) is 26.6 Å². The van der Waals surface area contributed by atoms with Crippen LogP contribution in [0.5, 0.6) is 11.5 Å². The lowest BCUT2D eigenvalue weighted by Gasteiger charge is -2.37. The Bertz CT molecular complexity index is 1630. The molecule has 1 amide bonds. The number of amides is 1. The van der Waals surface area contributed by atoms with E-state index in [0.29, 0.717) is 22.1 Å². The zero-order chi connectivity index (χ0) is 32.1. The summed E-state index contributed by atoms with van der Waals surface area (Å²) in [7, 11) is 1.40. The molecule has 44 heavy (non-hydrogen) atoms. The van der Waals surface area contributed by atoms with E-state index in [1.54, 1.807) is 69.3 Å². The second-order valence-corrected chi connectivity index (χ2v) is 10.2. The van der Waals surface area contributed by atoms with Crippen LogP contribution in [0.25, 0.3) is 10.8 Å². The number of halogens is 3. The Morgan fingerprint density at radius 1 is 1.00 bits per heavy atom. The van der Waals surface area contributed by atoms with Gasteiger partial charge in [-0.3, -0.25) is 4.79 Å². The minimum absolute atomic E-state index is 0.000539. The van der Waals surface area contributed by atoms with Crippen LogP contribution in [-0.4, -0.2) is 47.7 Å². The number of hydrogen-bond donors (Lipinski definition) is 2. The van der Waals surface area contributed by atoms with Crippen LogP contribution in [0.2, 0.25) is 0 Å². The fraction of sp³-hybridized carbons (Fsp3) is 0.281. The third-order valence-corrected chi connectivity index (χ3v) is 6.52. The lowest BCUT2D eigenvalue weighted by Crippen LogP contribution is -2.54. The van der Waals surface area contributed by atoms with Crippen LogP contribution in [0.3, 0.4) is 0 Å². The summed E-state index contributed by atoms with van der Waals surface area (Å²) in [6.45, 7) is 5.49. The number of hydrogen-bond acceptors (Lipinski definition) is 8. The SMILES string of the molecule is CCOc1cc([C@@](Nc2ccc3c(N)nccc3c2)(OC(=O)C(F)(F)F)C(=O)N(C)Cc2ccccc2)ccc1OC(C)C. The van der Waals surface area contributed by atoms with Crippen LogP contribution in [0.4, 0.5) is 24.7 Å². The second kappa shape index (κ2) is 13.1. The van der Waals surface area contributed by atoms with Gasteiger partial charge < -0.3 is 30.2 Å². The van der Waals surface area contributed by atoms with Crippen molar-refractivity contribution in [3.05, 3.63) is 90.1 Å². The first kappa shape index (κ1) is 31.9. The van der Waals surface area contributed by atoms with Crippen molar-refractivity contribution in [2.24, 2.45) is 0 Å². The molecule has 0 unspecified atom stereocenters. The molecule has 0 saturated heterocycles. The molecule has 0 saturated carbocycles. The van der Waals surface area contributed by atoms with Gasteiger partial charge in [0.25, 0.3) is 11.6 Å². The average Bonchev–Trinajstić information content (AvgIpc) is 2.97. The number of esters is 1. The van der Waals surface area contributed by atoms with Crippen molar-refractivity contribution < 1.29 is 37.0 Å². The number of alkyl halides is 3. The summed E-state index contributed by atoms with van der Waals surface area (Å²) in [5.41, 5.74) is 4.01. The van der Waals surface area contributed by atoms with Crippen molar-refractivity contribution in [2.75, 3.05) is 24.7 Å². The minimum atomic E-state index is -5.42. The van der Waals surface area contributed by atoms with E-state index in [1.165, 1.54) is 42.4 Å². The van der Waals surface area contributed by atoms with Crippen molar-refractivity contribution in [3.63, 3.8) is 0 Å². The number of carbonyl (C=O) groups is 2. The van der Waals surface area contributed by atoms with E-state index in [9.17, 15) is 22.8 Å². The maximum absolute atomic E-state index is 14.4. The summed E-state index contributed by atoms with van der Waals surface area (Å²) in [6, 6.07) is 19.3. The molecule has 1 heterocycles. The van der Waals surface area contributed by atoms with Crippen LogP contribution in [0, 0.1) is 0 Å². The first-order valence-corrected chi connectivity index (χ1v) is 13.8. The summed E-state index contributed by atoms with van der Waals surface area (Å²) < 4.78 is 58.2. The Kier molecular flexibility index (Phi) is 9.51. The van der Waals surface area contributed by atoms with Gasteiger partial charge in [0.05, 0.1) is 12.7 Å². The molecule has 1 atom stereocenters. The van der Waals surface area contributed by atoms with Crippen molar-refractivity contribution >= 4 is 34.2 Å². The normalized spacial score (nSPS) is 12.8. The molecule has 0 bridgehead atoms. The Morgan fingerprint density at radius 2 is 1.73 bits per heavy atom. The summed E-state index contributed by atoms with van der Waals surface area (Å²) >= 11 is 0. The Balaban J connectivity index is 1.94. The van der Waals surface area contributed by atoms with Gasteiger partial charge in [-0.25, -0.2) is 9.78 Å². The molecule has 3 aromatic carbocycles. The van der Waals surface area contributed by atoms with Crippen LogP contribution in [0.1, 0.15) is 31.9 Å². The lowest BCUT2D eigenvalue weighted by atomic mass is 9.98. The van der Waals surface area contributed by atoms with Crippen molar-refractivity contribution in [3.8, 4) is 11.5 Å². The fourth-order valence-corrected chi connectivity index (χ4v) is 4.60. The third kappa shape index (κ3) is 7.13. The first-order chi connectivity index (χ1) is 20.8. The van der Waals surface area contributed by atoms with Gasteiger partial charge in [-0.1, -0.05) is 30.3 Å². The largest absolute Gasteiger partial charge is 0.491 e. The number of pyridine rings is 1.